The summed E-state index contributed by atoms with van der Waals surface area (Å²) in [7, 11) is 5.05. The quantitative estimate of drug-likeness (QED) is 0.158. The van der Waals surface area contributed by atoms with Crippen LogP contribution in [0.2, 0.25) is 0 Å². The number of Topliss-reactive ketones (excluding diaryl/α,β-unsaturated/α-hetero) is 2. The Morgan fingerprint density at radius 2 is 1.65 bits per heavy atom. The molecule has 14 unspecified atom stereocenters. The van der Waals surface area contributed by atoms with Crippen molar-refractivity contribution in [3.63, 3.8) is 0 Å². The van der Waals surface area contributed by atoms with Gasteiger partial charge >= 0.3 is 5.97 Å². The average molecular weight is 907 g/mol. The zero-order valence-electron chi connectivity index (χ0n) is 39.9. The van der Waals surface area contributed by atoms with Crippen LogP contribution in [-0.4, -0.2) is 124 Å². The highest BCUT2D eigenvalue weighted by Crippen LogP contribution is 2.39. The fourth-order valence-electron chi connectivity index (χ4n) is 10.8. The van der Waals surface area contributed by atoms with Crippen LogP contribution in [0.4, 0.5) is 0 Å². The molecule has 14 nitrogen and oxygen atoms in total. The number of aromatic nitrogens is 1. The lowest BCUT2D eigenvalue weighted by Gasteiger charge is -2.47. The summed E-state index contributed by atoms with van der Waals surface area (Å²) in [5, 5.41) is 36.3. The minimum atomic E-state index is -2.52. The Morgan fingerprint density at radius 1 is 0.923 bits per heavy atom. The molecule has 1 aromatic heterocycles. The van der Waals surface area contributed by atoms with E-state index in [0.717, 1.165) is 16.5 Å². The van der Waals surface area contributed by atoms with Crippen molar-refractivity contribution in [1.82, 2.24) is 9.47 Å². The highest BCUT2D eigenvalue weighted by Gasteiger charge is 2.56. The summed E-state index contributed by atoms with van der Waals surface area (Å²) in [4.78, 5) is 58.3. The minimum Gasteiger partial charge on any atom is -0.488 e. The van der Waals surface area contributed by atoms with E-state index in [4.69, 9.17) is 23.7 Å². The van der Waals surface area contributed by atoms with Crippen molar-refractivity contribution in [3.8, 4) is 5.75 Å². The normalized spacial score (nSPS) is 36.7. The molecule has 2 bridgehead atoms. The minimum absolute atomic E-state index is 0.0236. The number of hydrogen-bond acceptors (Lipinski definition) is 12. The Bertz CT molecular complexity index is 2060. The van der Waals surface area contributed by atoms with E-state index in [1.165, 1.54) is 19.1 Å². The maximum Gasteiger partial charge on any atom is 0.329 e. The van der Waals surface area contributed by atoms with Crippen molar-refractivity contribution in [2.24, 2.45) is 36.6 Å². The lowest BCUT2D eigenvalue weighted by molar-refractivity contribution is -0.302. The first kappa shape index (κ1) is 50.5. The number of carbonyl (C=O) groups is 4. The second-order valence-corrected chi connectivity index (χ2v) is 19.7. The van der Waals surface area contributed by atoms with Gasteiger partial charge in [-0.25, -0.2) is 4.79 Å². The smallest absolute Gasteiger partial charge is 0.329 e. The number of allylic oxidation sites excluding steroid dienone is 3. The number of methoxy groups -OCH3 is 2. The maximum absolute atomic E-state index is 14.5. The number of nitrogens with zero attached hydrogens (tertiary/aromatic N) is 2. The molecule has 1 amide bonds. The van der Waals surface area contributed by atoms with Crippen molar-refractivity contribution in [2.75, 3.05) is 20.8 Å². The molecule has 1 aromatic carbocycles. The second kappa shape index (κ2) is 21.8. The molecular formula is C51H74N2O12. The number of rotatable bonds is 7. The van der Waals surface area contributed by atoms with Gasteiger partial charge < -0.3 is 48.5 Å². The zero-order chi connectivity index (χ0) is 47.3. The lowest BCUT2D eigenvalue weighted by atomic mass is 9.81. The molecule has 2 aromatic rings. The topological polar surface area (TPSA) is 183 Å². The maximum atomic E-state index is 14.5. The third-order valence-corrected chi connectivity index (χ3v) is 14.7. The molecular weight excluding hydrogens is 833 g/mol. The number of aryl methyl sites for hydroxylation is 1. The summed E-state index contributed by atoms with van der Waals surface area (Å²) in [6.07, 6.45) is 5.09. The molecule has 4 heterocycles. The monoisotopic (exact) mass is 907 g/mol. The van der Waals surface area contributed by atoms with Gasteiger partial charge in [-0.1, -0.05) is 45.4 Å². The van der Waals surface area contributed by atoms with Crippen LogP contribution in [0.3, 0.4) is 0 Å². The van der Waals surface area contributed by atoms with Crippen LogP contribution in [0.15, 0.2) is 53.8 Å². The van der Waals surface area contributed by atoms with Crippen molar-refractivity contribution in [3.05, 3.63) is 53.8 Å². The van der Waals surface area contributed by atoms with Gasteiger partial charge in [-0.2, -0.15) is 0 Å². The Kier molecular flexibility index (Phi) is 16.9. The fraction of sp³-hybridized carbons (Fsp3) is 0.686. The van der Waals surface area contributed by atoms with Crippen LogP contribution in [0.25, 0.3) is 10.9 Å². The van der Waals surface area contributed by atoms with E-state index < -0.39 is 90.0 Å². The first-order chi connectivity index (χ1) is 30.9. The Hall–Kier alpha value is -3.92. The predicted octanol–water partition coefficient (Wildman–Crippen LogP) is 6.40. The number of hydrogen-bond donors (Lipinski definition) is 3. The molecule has 14 atom stereocenters. The number of aliphatic hydroxyl groups is 3. The molecule has 3 aliphatic heterocycles. The van der Waals surface area contributed by atoms with E-state index in [9.17, 15) is 34.5 Å². The lowest BCUT2D eigenvalue weighted by Crippen LogP contribution is -2.64. The molecule has 0 spiro atoms. The van der Waals surface area contributed by atoms with Crippen LogP contribution in [0.5, 0.6) is 5.75 Å². The summed E-state index contributed by atoms with van der Waals surface area (Å²) < 4.78 is 32.7. The molecule has 360 valence electrons. The molecule has 6 rings (SSSR count). The Morgan fingerprint density at radius 3 is 2.34 bits per heavy atom. The van der Waals surface area contributed by atoms with Gasteiger partial charge in [-0.05, 0) is 120 Å². The Balaban J connectivity index is 1.29. The number of esters is 1. The van der Waals surface area contributed by atoms with Crippen molar-refractivity contribution in [2.45, 2.75) is 167 Å². The van der Waals surface area contributed by atoms with E-state index in [-0.39, 0.29) is 43.4 Å². The third kappa shape index (κ3) is 11.4. The number of cyclic esters (lactones) is 1. The molecule has 4 aliphatic rings. The van der Waals surface area contributed by atoms with Gasteiger partial charge in [0, 0.05) is 69.1 Å². The molecule has 2 saturated heterocycles. The highest BCUT2D eigenvalue weighted by molar-refractivity contribution is 6.39. The van der Waals surface area contributed by atoms with Crippen LogP contribution in [0, 0.1) is 29.6 Å². The number of fused-ring (bicyclic) bond motifs is 4. The van der Waals surface area contributed by atoms with Gasteiger partial charge in [0.2, 0.25) is 5.79 Å². The van der Waals surface area contributed by atoms with Crippen molar-refractivity contribution >= 4 is 34.3 Å². The van der Waals surface area contributed by atoms with Gasteiger partial charge in [0.25, 0.3) is 11.7 Å². The SMILES string of the molecule is CCC1C=C(C)CC(C)CC(OC)C2OC(O)(C(=O)C(=O)N3CCCCC3C(=O)OC(C(C)=CC3CCC(Oc4ccc5c(ccn5C)c4)C(O)C3)C(C)C(O)CC1=O)C(C)CC2OC. The number of ketones is 2. The van der Waals surface area contributed by atoms with Crippen LogP contribution >= 0.6 is 0 Å². The van der Waals surface area contributed by atoms with E-state index >= 15 is 0 Å². The standard InChI is InChI=1S/C51H74N2O12/c1-10-35-22-29(2)21-30(3)23-44(61-8)47-45(62-9)25-32(5)51(60,65-47)48(57)49(58)53-19-12-11-13-39(53)50(59)64-46(33(6)40(54)28-41(35)55)31(4)24-34-14-17-43(42(56)26-34)63-37-15-16-38-36(27-37)18-20-52(38)7/h15-16,18,20,22,24,27,30,32-35,39-40,42-47,54,56,60H,10-14,17,19,21,23,25-26,28H2,1-9H3. The van der Waals surface area contributed by atoms with E-state index in [2.05, 4.69) is 6.92 Å². The average Bonchev–Trinajstić information content (AvgIpc) is 3.65. The van der Waals surface area contributed by atoms with E-state index in [0.29, 0.717) is 62.7 Å². The molecule has 3 fully saturated rings. The summed E-state index contributed by atoms with van der Waals surface area (Å²) in [5.74, 6) is -7.07. The molecule has 3 N–H and O–H groups in total. The largest absolute Gasteiger partial charge is 0.488 e. The molecule has 65 heavy (non-hydrogen) atoms. The van der Waals surface area contributed by atoms with Gasteiger partial charge in [-0.3, -0.25) is 14.4 Å². The number of ether oxygens (including phenoxy) is 5. The first-order valence-corrected chi connectivity index (χ1v) is 23.9. The number of benzene rings is 1. The van der Waals surface area contributed by atoms with Gasteiger partial charge in [0.1, 0.15) is 35.9 Å². The Labute approximate surface area is 384 Å². The van der Waals surface area contributed by atoms with Gasteiger partial charge in [-0.15, -0.1) is 0 Å². The summed E-state index contributed by atoms with van der Waals surface area (Å²) in [5.41, 5.74) is 2.70. The fourth-order valence-corrected chi connectivity index (χ4v) is 10.8. The van der Waals surface area contributed by atoms with Crippen molar-refractivity contribution < 1.29 is 58.2 Å². The van der Waals surface area contributed by atoms with E-state index in [1.807, 2.05) is 75.0 Å². The number of piperidine rings is 1. The van der Waals surface area contributed by atoms with Crippen LogP contribution < -0.4 is 4.74 Å². The molecule has 1 aliphatic carbocycles. The zero-order valence-corrected chi connectivity index (χ0v) is 39.9. The number of amides is 1. The van der Waals surface area contributed by atoms with Gasteiger partial charge in [0.15, 0.2) is 0 Å². The molecule has 14 heteroatoms. The van der Waals surface area contributed by atoms with Crippen LogP contribution in [0.1, 0.15) is 112 Å². The number of aliphatic hydroxyl groups excluding tert-OH is 2. The third-order valence-electron chi connectivity index (χ3n) is 14.7. The summed E-state index contributed by atoms with van der Waals surface area (Å²) >= 11 is 0. The molecule has 1 saturated carbocycles. The first-order valence-electron chi connectivity index (χ1n) is 23.9. The van der Waals surface area contributed by atoms with Gasteiger partial charge in [0.05, 0.1) is 24.4 Å². The second-order valence-electron chi connectivity index (χ2n) is 19.7. The van der Waals surface area contributed by atoms with E-state index in [1.54, 1.807) is 13.8 Å². The number of carbonyl (C=O) groups excluding carboxylic acids is 4. The highest BCUT2D eigenvalue weighted by atomic mass is 16.7. The molecule has 0 radical (unpaired) electrons. The van der Waals surface area contributed by atoms with Crippen molar-refractivity contribution in [1.29, 1.82) is 0 Å². The predicted molar refractivity (Wildman–Crippen MR) is 245 cm³/mol. The summed E-state index contributed by atoms with van der Waals surface area (Å²) in [6, 6.07) is 6.74. The van der Waals surface area contributed by atoms with Crippen LogP contribution in [-0.2, 0) is 45.2 Å². The summed E-state index contributed by atoms with van der Waals surface area (Å²) in [6.45, 7) is 11.2.